The Morgan fingerprint density at radius 2 is 1.89 bits per heavy atom. The summed E-state index contributed by atoms with van der Waals surface area (Å²) in [7, 11) is -3.35. The van der Waals surface area contributed by atoms with E-state index in [1.807, 2.05) is 12.1 Å². The maximum Gasteiger partial charge on any atom is 0.240 e. The van der Waals surface area contributed by atoms with Crippen molar-refractivity contribution in [3.8, 4) is 0 Å². The number of nitrogens with two attached hydrogens (primary N) is 1. The Hall–Kier alpha value is -0.910. The summed E-state index contributed by atoms with van der Waals surface area (Å²) in [5, 5.41) is 0. The van der Waals surface area contributed by atoms with Gasteiger partial charge in [-0.2, -0.15) is 0 Å². The third kappa shape index (κ3) is 4.60. The highest BCUT2D eigenvalue weighted by atomic mass is 32.2. The van der Waals surface area contributed by atoms with Gasteiger partial charge in [-0.1, -0.05) is 25.0 Å². The van der Waals surface area contributed by atoms with Crippen LogP contribution in [0.2, 0.25) is 0 Å². The van der Waals surface area contributed by atoms with E-state index in [0.717, 1.165) is 30.7 Å². The second-order valence-electron chi connectivity index (χ2n) is 5.17. The first-order chi connectivity index (χ1) is 9.12. The molecule has 2 rings (SSSR count). The van der Waals surface area contributed by atoms with Crippen LogP contribution < -0.4 is 10.5 Å². The molecule has 0 heterocycles. The topological polar surface area (TPSA) is 72.2 Å². The fourth-order valence-corrected chi connectivity index (χ4v) is 3.16. The van der Waals surface area contributed by atoms with Crippen molar-refractivity contribution in [1.29, 1.82) is 0 Å². The Morgan fingerprint density at radius 1 is 1.21 bits per heavy atom. The van der Waals surface area contributed by atoms with E-state index in [1.54, 1.807) is 12.1 Å². The molecule has 0 atom stereocenters. The Labute approximate surface area is 115 Å². The lowest BCUT2D eigenvalue weighted by Gasteiger charge is -2.07. The molecule has 1 saturated carbocycles. The van der Waals surface area contributed by atoms with E-state index in [9.17, 15) is 8.42 Å². The Morgan fingerprint density at radius 3 is 2.47 bits per heavy atom. The second-order valence-corrected chi connectivity index (χ2v) is 6.93. The van der Waals surface area contributed by atoms with Crippen LogP contribution in [0.3, 0.4) is 0 Å². The summed E-state index contributed by atoms with van der Waals surface area (Å²) in [5.74, 6) is 0.847. The molecule has 0 bridgehead atoms. The summed E-state index contributed by atoms with van der Waals surface area (Å²) in [5.41, 5.74) is 6.53. The first-order valence-corrected chi connectivity index (χ1v) is 8.39. The zero-order chi connectivity index (χ0) is 13.7. The standard InChI is InChI=1S/C14H22N2O2S/c15-10-9-13-5-7-14(8-6-13)19(17,18)16-11-1-2-12-3-4-12/h5-8,12,16H,1-4,9-11,15H2. The zero-order valence-electron chi connectivity index (χ0n) is 11.1. The quantitative estimate of drug-likeness (QED) is 0.712. The third-order valence-electron chi connectivity index (χ3n) is 3.44. The highest BCUT2D eigenvalue weighted by Gasteiger charge is 2.20. The fraction of sp³-hybridized carbons (Fsp3) is 0.571. The van der Waals surface area contributed by atoms with Gasteiger partial charge >= 0.3 is 0 Å². The molecule has 1 aromatic rings. The monoisotopic (exact) mass is 282 g/mol. The number of hydrogen-bond acceptors (Lipinski definition) is 3. The molecule has 106 valence electrons. The summed E-state index contributed by atoms with van der Waals surface area (Å²) in [6.07, 6.45) is 5.47. The SMILES string of the molecule is NCCc1ccc(S(=O)(=O)NCCCC2CC2)cc1. The van der Waals surface area contributed by atoms with Crippen molar-refractivity contribution in [2.75, 3.05) is 13.1 Å². The van der Waals surface area contributed by atoms with Crippen molar-refractivity contribution in [2.24, 2.45) is 11.7 Å². The van der Waals surface area contributed by atoms with Crippen molar-refractivity contribution in [3.05, 3.63) is 29.8 Å². The molecule has 4 nitrogen and oxygen atoms in total. The van der Waals surface area contributed by atoms with Crippen molar-refractivity contribution >= 4 is 10.0 Å². The molecule has 1 fully saturated rings. The number of hydrogen-bond donors (Lipinski definition) is 2. The van der Waals surface area contributed by atoms with E-state index in [0.29, 0.717) is 18.0 Å². The van der Waals surface area contributed by atoms with Gasteiger partial charge in [0.1, 0.15) is 0 Å². The maximum absolute atomic E-state index is 12.0. The lowest BCUT2D eigenvalue weighted by Crippen LogP contribution is -2.24. The second kappa shape index (κ2) is 6.50. The van der Waals surface area contributed by atoms with Crippen LogP contribution in [-0.2, 0) is 16.4 Å². The number of sulfonamides is 1. The minimum atomic E-state index is -3.35. The van der Waals surface area contributed by atoms with Gasteiger partial charge in [-0.15, -0.1) is 0 Å². The van der Waals surface area contributed by atoms with E-state index in [-0.39, 0.29) is 0 Å². The van der Waals surface area contributed by atoms with Gasteiger partial charge in [-0.25, -0.2) is 13.1 Å². The largest absolute Gasteiger partial charge is 0.330 e. The van der Waals surface area contributed by atoms with E-state index in [2.05, 4.69) is 4.72 Å². The first kappa shape index (κ1) is 14.5. The molecule has 1 aliphatic rings. The van der Waals surface area contributed by atoms with Crippen molar-refractivity contribution in [3.63, 3.8) is 0 Å². The molecule has 19 heavy (non-hydrogen) atoms. The van der Waals surface area contributed by atoms with Gasteiger partial charge in [0.25, 0.3) is 0 Å². The van der Waals surface area contributed by atoms with Gasteiger partial charge in [0.05, 0.1) is 4.90 Å². The predicted octanol–water partition coefficient (Wildman–Crippen LogP) is 1.66. The lowest BCUT2D eigenvalue weighted by atomic mass is 10.2. The van der Waals surface area contributed by atoms with Crippen LogP contribution in [-0.4, -0.2) is 21.5 Å². The Bertz CT molecular complexity index is 493. The molecule has 0 unspecified atom stereocenters. The fourth-order valence-electron chi connectivity index (χ4n) is 2.09. The molecule has 0 radical (unpaired) electrons. The minimum Gasteiger partial charge on any atom is -0.330 e. The van der Waals surface area contributed by atoms with Gasteiger partial charge in [0.15, 0.2) is 0 Å². The molecule has 0 aliphatic heterocycles. The van der Waals surface area contributed by atoms with Crippen molar-refractivity contribution < 1.29 is 8.42 Å². The van der Waals surface area contributed by atoms with Crippen LogP contribution in [0.5, 0.6) is 0 Å². The van der Waals surface area contributed by atoms with E-state index >= 15 is 0 Å². The molecule has 0 saturated heterocycles. The van der Waals surface area contributed by atoms with Gasteiger partial charge in [0.2, 0.25) is 10.0 Å². The summed E-state index contributed by atoms with van der Waals surface area (Å²) in [6, 6.07) is 6.94. The third-order valence-corrected chi connectivity index (χ3v) is 4.92. The molecule has 0 amide bonds. The Balaban J connectivity index is 1.86. The van der Waals surface area contributed by atoms with Gasteiger partial charge in [0, 0.05) is 6.54 Å². The molecule has 5 heteroatoms. The molecule has 3 N–H and O–H groups in total. The highest BCUT2D eigenvalue weighted by Crippen LogP contribution is 2.33. The molecule has 0 spiro atoms. The summed E-state index contributed by atoms with van der Waals surface area (Å²) in [4.78, 5) is 0.333. The van der Waals surface area contributed by atoms with Crippen molar-refractivity contribution in [1.82, 2.24) is 4.72 Å². The van der Waals surface area contributed by atoms with Gasteiger partial charge < -0.3 is 5.73 Å². The summed E-state index contributed by atoms with van der Waals surface area (Å²) >= 11 is 0. The van der Waals surface area contributed by atoms with Crippen LogP contribution in [0.15, 0.2) is 29.2 Å². The average molecular weight is 282 g/mol. The van der Waals surface area contributed by atoms with Gasteiger partial charge in [-0.05, 0) is 49.4 Å². The maximum atomic E-state index is 12.0. The number of rotatable bonds is 8. The Kier molecular flexibility index (Phi) is 4.96. The van der Waals surface area contributed by atoms with Crippen LogP contribution in [0.25, 0.3) is 0 Å². The van der Waals surface area contributed by atoms with Crippen LogP contribution in [0.1, 0.15) is 31.2 Å². The predicted molar refractivity (Wildman–Crippen MR) is 76.3 cm³/mol. The van der Waals surface area contributed by atoms with Crippen LogP contribution >= 0.6 is 0 Å². The van der Waals surface area contributed by atoms with Crippen LogP contribution in [0.4, 0.5) is 0 Å². The molecular formula is C14H22N2O2S. The normalized spacial score (nSPS) is 15.6. The number of nitrogens with one attached hydrogen (secondary N) is 1. The lowest BCUT2D eigenvalue weighted by molar-refractivity contribution is 0.572. The highest BCUT2D eigenvalue weighted by molar-refractivity contribution is 7.89. The molecule has 1 aliphatic carbocycles. The summed E-state index contributed by atoms with van der Waals surface area (Å²) < 4.78 is 26.7. The van der Waals surface area contributed by atoms with Crippen molar-refractivity contribution in [2.45, 2.75) is 37.0 Å². The smallest absolute Gasteiger partial charge is 0.240 e. The molecule has 1 aromatic carbocycles. The molecular weight excluding hydrogens is 260 g/mol. The van der Waals surface area contributed by atoms with E-state index in [4.69, 9.17) is 5.73 Å². The first-order valence-electron chi connectivity index (χ1n) is 6.90. The number of benzene rings is 1. The average Bonchev–Trinajstić information content (AvgIpc) is 3.20. The van der Waals surface area contributed by atoms with E-state index < -0.39 is 10.0 Å². The van der Waals surface area contributed by atoms with Crippen LogP contribution in [0, 0.1) is 5.92 Å². The van der Waals surface area contributed by atoms with Gasteiger partial charge in [-0.3, -0.25) is 0 Å². The molecule has 0 aromatic heterocycles. The van der Waals surface area contributed by atoms with E-state index in [1.165, 1.54) is 12.8 Å². The minimum absolute atomic E-state index is 0.333. The summed E-state index contributed by atoms with van der Waals surface area (Å²) in [6.45, 7) is 1.11. The zero-order valence-corrected chi connectivity index (χ0v) is 12.0.